The minimum absolute atomic E-state index is 0.0992. The van der Waals surface area contributed by atoms with Gasteiger partial charge in [0.2, 0.25) is 0 Å². The standard InChI is InChI=1S/C14H15NO3/c1-18-8-5-6-12-11(7-8)9-3-2-4-10(9)13(15-12)14(16)17/h2-3,5-7,9-10,13,15H,4H2,1H3,(H,16,17)/t9-,10+,13+/m1/s1. The number of hydrogen-bond acceptors (Lipinski definition) is 3. The molecule has 18 heavy (non-hydrogen) atoms. The van der Waals surface area contributed by atoms with Crippen LogP contribution in [-0.2, 0) is 4.79 Å². The maximum Gasteiger partial charge on any atom is 0.326 e. The second kappa shape index (κ2) is 4.05. The Morgan fingerprint density at radius 3 is 3.06 bits per heavy atom. The Balaban J connectivity index is 2.06. The third-order valence-corrected chi connectivity index (χ3v) is 3.84. The summed E-state index contributed by atoms with van der Waals surface area (Å²) in [6.07, 6.45) is 4.99. The third kappa shape index (κ3) is 1.56. The number of hydrogen-bond donors (Lipinski definition) is 2. The van der Waals surface area contributed by atoms with E-state index in [2.05, 4.69) is 17.5 Å². The Morgan fingerprint density at radius 2 is 2.33 bits per heavy atom. The predicted molar refractivity (Wildman–Crippen MR) is 68.0 cm³/mol. The molecule has 0 bridgehead atoms. The van der Waals surface area contributed by atoms with Gasteiger partial charge in [0.1, 0.15) is 11.8 Å². The number of carboxylic acids is 1. The van der Waals surface area contributed by atoms with Crippen molar-refractivity contribution in [1.82, 2.24) is 0 Å². The van der Waals surface area contributed by atoms with Gasteiger partial charge in [-0.05, 0) is 30.2 Å². The van der Waals surface area contributed by atoms with Crippen LogP contribution in [-0.4, -0.2) is 24.2 Å². The molecule has 94 valence electrons. The zero-order chi connectivity index (χ0) is 12.7. The molecule has 1 heterocycles. The number of carbonyl (C=O) groups is 1. The van der Waals surface area contributed by atoms with E-state index in [-0.39, 0.29) is 11.8 Å². The Hall–Kier alpha value is -1.97. The molecule has 0 radical (unpaired) electrons. The summed E-state index contributed by atoms with van der Waals surface area (Å²) in [6.45, 7) is 0. The lowest BCUT2D eigenvalue weighted by molar-refractivity contribution is -0.139. The molecule has 0 saturated carbocycles. The average molecular weight is 245 g/mol. The fourth-order valence-electron chi connectivity index (χ4n) is 2.94. The van der Waals surface area contributed by atoms with Gasteiger partial charge < -0.3 is 15.2 Å². The number of ether oxygens (including phenoxy) is 1. The molecule has 0 fully saturated rings. The second-order valence-corrected chi connectivity index (χ2v) is 4.77. The van der Waals surface area contributed by atoms with Gasteiger partial charge in [0.15, 0.2) is 0 Å². The smallest absolute Gasteiger partial charge is 0.326 e. The quantitative estimate of drug-likeness (QED) is 0.784. The average Bonchev–Trinajstić information content (AvgIpc) is 2.86. The molecule has 1 aliphatic carbocycles. The summed E-state index contributed by atoms with van der Waals surface area (Å²) < 4.78 is 5.23. The van der Waals surface area contributed by atoms with Crippen molar-refractivity contribution in [2.45, 2.75) is 18.4 Å². The first-order valence-electron chi connectivity index (χ1n) is 6.04. The molecule has 0 aromatic heterocycles. The monoisotopic (exact) mass is 245 g/mol. The molecule has 0 saturated heterocycles. The van der Waals surface area contributed by atoms with Gasteiger partial charge in [0, 0.05) is 17.5 Å². The Kier molecular flexibility index (Phi) is 2.51. The van der Waals surface area contributed by atoms with E-state index in [4.69, 9.17) is 4.74 Å². The van der Waals surface area contributed by atoms with E-state index in [0.717, 1.165) is 23.4 Å². The zero-order valence-corrected chi connectivity index (χ0v) is 10.1. The Bertz CT molecular complexity index is 524. The number of nitrogens with one attached hydrogen (secondary N) is 1. The highest BCUT2D eigenvalue weighted by Gasteiger charge is 2.40. The highest BCUT2D eigenvalue weighted by Crippen LogP contribution is 2.45. The molecule has 0 amide bonds. The number of allylic oxidation sites excluding steroid dienone is 2. The summed E-state index contributed by atoms with van der Waals surface area (Å²) in [4.78, 5) is 11.3. The first-order valence-corrected chi connectivity index (χ1v) is 6.04. The predicted octanol–water partition coefficient (Wildman–Crippen LogP) is 2.23. The SMILES string of the molecule is COc1ccc2c(c1)[C@@H]1C=CC[C@@H]1[C@@H](C(=O)O)N2. The molecule has 1 aliphatic heterocycles. The van der Waals surface area contributed by atoms with Crippen LogP contribution in [0.25, 0.3) is 0 Å². The number of anilines is 1. The minimum Gasteiger partial charge on any atom is -0.497 e. The number of methoxy groups -OCH3 is 1. The largest absolute Gasteiger partial charge is 0.497 e. The maximum absolute atomic E-state index is 11.3. The van der Waals surface area contributed by atoms with E-state index in [1.807, 2.05) is 18.2 Å². The van der Waals surface area contributed by atoms with E-state index < -0.39 is 12.0 Å². The fourth-order valence-corrected chi connectivity index (χ4v) is 2.94. The van der Waals surface area contributed by atoms with Crippen LogP contribution in [0.4, 0.5) is 5.69 Å². The third-order valence-electron chi connectivity index (χ3n) is 3.84. The molecule has 2 aliphatic rings. The van der Waals surface area contributed by atoms with Crippen LogP contribution in [0.2, 0.25) is 0 Å². The summed E-state index contributed by atoms with van der Waals surface area (Å²) in [5.41, 5.74) is 2.03. The van der Waals surface area contributed by atoms with Crippen molar-refractivity contribution >= 4 is 11.7 Å². The van der Waals surface area contributed by atoms with Crippen molar-refractivity contribution in [3.8, 4) is 5.75 Å². The normalized spacial score (nSPS) is 28.2. The summed E-state index contributed by atoms with van der Waals surface area (Å²) >= 11 is 0. The van der Waals surface area contributed by atoms with Crippen molar-refractivity contribution in [3.63, 3.8) is 0 Å². The van der Waals surface area contributed by atoms with Gasteiger partial charge in [-0.1, -0.05) is 12.2 Å². The van der Waals surface area contributed by atoms with Crippen LogP contribution in [0.3, 0.4) is 0 Å². The van der Waals surface area contributed by atoms with E-state index in [1.165, 1.54) is 0 Å². The molecule has 1 aromatic carbocycles. The Labute approximate surface area is 105 Å². The van der Waals surface area contributed by atoms with E-state index in [9.17, 15) is 9.90 Å². The van der Waals surface area contributed by atoms with E-state index in [0.29, 0.717) is 0 Å². The lowest BCUT2D eigenvalue weighted by Gasteiger charge is -2.34. The lowest BCUT2D eigenvalue weighted by atomic mass is 9.79. The van der Waals surface area contributed by atoms with Crippen LogP contribution >= 0.6 is 0 Å². The Morgan fingerprint density at radius 1 is 1.50 bits per heavy atom. The van der Waals surface area contributed by atoms with Gasteiger partial charge in [-0.3, -0.25) is 0 Å². The lowest BCUT2D eigenvalue weighted by Crippen LogP contribution is -2.41. The molecule has 0 spiro atoms. The zero-order valence-electron chi connectivity index (χ0n) is 10.1. The molecule has 4 heteroatoms. The van der Waals surface area contributed by atoms with Crippen molar-refractivity contribution < 1.29 is 14.6 Å². The highest BCUT2D eigenvalue weighted by atomic mass is 16.5. The van der Waals surface area contributed by atoms with Gasteiger partial charge in [-0.2, -0.15) is 0 Å². The van der Waals surface area contributed by atoms with Crippen molar-refractivity contribution in [3.05, 3.63) is 35.9 Å². The van der Waals surface area contributed by atoms with E-state index >= 15 is 0 Å². The summed E-state index contributed by atoms with van der Waals surface area (Å²) in [6, 6.07) is 5.23. The molecular formula is C14H15NO3. The van der Waals surface area contributed by atoms with Crippen LogP contribution in [0, 0.1) is 5.92 Å². The molecule has 4 nitrogen and oxygen atoms in total. The number of aliphatic carboxylic acids is 1. The highest BCUT2D eigenvalue weighted by molar-refractivity contribution is 5.80. The molecular weight excluding hydrogens is 230 g/mol. The van der Waals surface area contributed by atoms with Gasteiger partial charge in [-0.25, -0.2) is 4.79 Å². The first kappa shape index (κ1) is 11.1. The number of benzene rings is 1. The van der Waals surface area contributed by atoms with Gasteiger partial charge in [0.05, 0.1) is 7.11 Å². The minimum atomic E-state index is -0.782. The molecule has 3 atom stereocenters. The van der Waals surface area contributed by atoms with E-state index in [1.54, 1.807) is 7.11 Å². The molecule has 1 aromatic rings. The summed E-state index contributed by atoms with van der Waals surface area (Å²) in [5, 5.41) is 12.4. The van der Waals surface area contributed by atoms with Gasteiger partial charge in [0.25, 0.3) is 0 Å². The van der Waals surface area contributed by atoms with Crippen LogP contribution < -0.4 is 10.1 Å². The number of fused-ring (bicyclic) bond motifs is 3. The van der Waals surface area contributed by atoms with Crippen LogP contribution in [0.5, 0.6) is 5.75 Å². The molecule has 0 unspecified atom stereocenters. The van der Waals surface area contributed by atoms with Crippen molar-refractivity contribution in [2.24, 2.45) is 5.92 Å². The van der Waals surface area contributed by atoms with Crippen molar-refractivity contribution in [2.75, 3.05) is 12.4 Å². The number of rotatable bonds is 2. The number of carboxylic acid groups (broad SMARTS) is 1. The topological polar surface area (TPSA) is 58.6 Å². The summed E-state index contributed by atoms with van der Waals surface area (Å²) in [5.74, 6) is 0.304. The van der Waals surface area contributed by atoms with Gasteiger partial charge >= 0.3 is 5.97 Å². The first-order chi connectivity index (χ1) is 8.70. The fraction of sp³-hybridized carbons (Fsp3) is 0.357. The maximum atomic E-state index is 11.3. The molecule has 3 rings (SSSR count). The van der Waals surface area contributed by atoms with Gasteiger partial charge in [-0.15, -0.1) is 0 Å². The van der Waals surface area contributed by atoms with Crippen LogP contribution in [0.15, 0.2) is 30.4 Å². The summed E-state index contributed by atoms with van der Waals surface area (Å²) in [7, 11) is 1.64. The second-order valence-electron chi connectivity index (χ2n) is 4.77. The molecule has 2 N–H and O–H groups in total. The van der Waals surface area contributed by atoms with Crippen LogP contribution in [0.1, 0.15) is 17.9 Å². The van der Waals surface area contributed by atoms with Crippen molar-refractivity contribution in [1.29, 1.82) is 0 Å².